The highest BCUT2D eigenvalue weighted by Crippen LogP contribution is 2.46. The standard InChI is InChI=1S/C31H24F4N2O3/c1-3-40-30(39)26-18(2)36-24-17-25(19-9-5-4-6-10-19)37(21-15-13-20(32)14-16-21)29(38)28(24)27(26)22-11-7-8-12-23(22)31(33,34)35/h4-17,27,36H,3H2,1-2H3. The third-order valence-electron chi connectivity index (χ3n) is 6.78. The molecule has 0 saturated carbocycles. The predicted octanol–water partition coefficient (Wildman–Crippen LogP) is 7.06. The van der Waals surface area contributed by atoms with Crippen LogP contribution in [0.5, 0.6) is 0 Å². The molecular weight excluding hydrogens is 524 g/mol. The van der Waals surface area contributed by atoms with E-state index in [0.29, 0.717) is 16.9 Å². The van der Waals surface area contributed by atoms with Crippen LogP contribution >= 0.6 is 0 Å². The summed E-state index contributed by atoms with van der Waals surface area (Å²) in [5.41, 5.74) is -0.127. The zero-order chi connectivity index (χ0) is 28.6. The molecule has 0 radical (unpaired) electrons. The Morgan fingerprint density at radius 2 is 1.62 bits per heavy atom. The lowest BCUT2D eigenvalue weighted by atomic mass is 9.79. The van der Waals surface area contributed by atoms with E-state index in [1.165, 1.54) is 47.0 Å². The van der Waals surface area contributed by atoms with Gasteiger partial charge in [-0.05, 0) is 61.4 Å². The van der Waals surface area contributed by atoms with Crippen LogP contribution in [0.2, 0.25) is 0 Å². The first-order chi connectivity index (χ1) is 19.1. The van der Waals surface area contributed by atoms with Crippen LogP contribution in [0.3, 0.4) is 0 Å². The molecule has 3 aromatic carbocycles. The van der Waals surface area contributed by atoms with Crippen LogP contribution in [0.15, 0.2) is 101 Å². The van der Waals surface area contributed by atoms with Crippen molar-refractivity contribution in [2.45, 2.75) is 25.9 Å². The van der Waals surface area contributed by atoms with Crippen molar-refractivity contribution >= 4 is 11.7 Å². The van der Waals surface area contributed by atoms with E-state index in [9.17, 15) is 27.2 Å². The number of carbonyl (C=O) groups excluding carboxylic acids is 1. The number of ether oxygens (including phenoxy) is 1. The van der Waals surface area contributed by atoms with Gasteiger partial charge in [-0.3, -0.25) is 9.36 Å². The number of hydrogen-bond acceptors (Lipinski definition) is 4. The summed E-state index contributed by atoms with van der Waals surface area (Å²) >= 11 is 0. The lowest BCUT2D eigenvalue weighted by Crippen LogP contribution is -2.34. The molecular formula is C31H24F4N2O3. The third-order valence-corrected chi connectivity index (χ3v) is 6.78. The van der Waals surface area contributed by atoms with E-state index in [1.807, 2.05) is 6.07 Å². The lowest BCUT2D eigenvalue weighted by molar-refractivity contribution is -0.140. The molecule has 0 fully saturated rings. The van der Waals surface area contributed by atoms with Gasteiger partial charge in [0.05, 0.1) is 40.6 Å². The number of nitrogens with one attached hydrogen (secondary N) is 1. The fourth-order valence-corrected chi connectivity index (χ4v) is 5.10. The van der Waals surface area contributed by atoms with Crippen molar-refractivity contribution < 1.29 is 27.1 Å². The van der Waals surface area contributed by atoms with Crippen LogP contribution in [0.1, 0.15) is 36.5 Å². The van der Waals surface area contributed by atoms with Gasteiger partial charge in [-0.2, -0.15) is 13.2 Å². The Bertz CT molecular complexity index is 1670. The van der Waals surface area contributed by atoms with E-state index < -0.39 is 35.0 Å². The van der Waals surface area contributed by atoms with Gasteiger partial charge in [0.15, 0.2) is 0 Å². The van der Waals surface area contributed by atoms with Crippen molar-refractivity contribution in [2.75, 3.05) is 11.9 Å². The third kappa shape index (κ3) is 4.79. The number of alkyl halides is 3. The zero-order valence-corrected chi connectivity index (χ0v) is 21.6. The molecule has 40 heavy (non-hydrogen) atoms. The molecule has 1 N–H and O–H groups in total. The maximum absolute atomic E-state index is 14.4. The van der Waals surface area contributed by atoms with Crippen molar-refractivity contribution in [1.82, 2.24) is 4.57 Å². The Labute approximate surface area is 227 Å². The van der Waals surface area contributed by atoms with E-state index in [1.54, 1.807) is 44.2 Å². The summed E-state index contributed by atoms with van der Waals surface area (Å²) in [6, 6.07) is 20.7. The van der Waals surface area contributed by atoms with Crippen molar-refractivity contribution in [3.05, 3.63) is 129 Å². The molecule has 5 rings (SSSR count). The van der Waals surface area contributed by atoms with Crippen LogP contribution in [0, 0.1) is 5.82 Å². The van der Waals surface area contributed by atoms with Crippen LogP contribution in [-0.2, 0) is 15.7 Å². The second-order valence-corrected chi connectivity index (χ2v) is 9.24. The largest absolute Gasteiger partial charge is 0.463 e. The quantitative estimate of drug-likeness (QED) is 0.214. The normalized spacial score (nSPS) is 14.9. The fourth-order valence-electron chi connectivity index (χ4n) is 5.10. The van der Waals surface area contributed by atoms with Gasteiger partial charge < -0.3 is 10.1 Å². The van der Waals surface area contributed by atoms with Crippen LogP contribution < -0.4 is 10.9 Å². The number of halogens is 4. The Kier molecular flexibility index (Phi) is 7.06. The molecule has 1 atom stereocenters. The van der Waals surface area contributed by atoms with E-state index >= 15 is 0 Å². The molecule has 0 saturated heterocycles. The number of allylic oxidation sites excluding steroid dienone is 1. The second-order valence-electron chi connectivity index (χ2n) is 9.24. The summed E-state index contributed by atoms with van der Waals surface area (Å²) in [6.45, 7) is 3.14. The summed E-state index contributed by atoms with van der Waals surface area (Å²) < 4.78 is 63.2. The van der Waals surface area contributed by atoms with E-state index in [0.717, 1.165) is 6.07 Å². The van der Waals surface area contributed by atoms with Crippen LogP contribution in [0.4, 0.5) is 23.2 Å². The number of carbonyl (C=O) groups is 1. The molecule has 0 aliphatic carbocycles. The number of hydrogen-bond donors (Lipinski definition) is 1. The molecule has 0 spiro atoms. The molecule has 1 aromatic heterocycles. The highest BCUT2D eigenvalue weighted by Gasteiger charge is 2.42. The number of pyridine rings is 1. The van der Waals surface area contributed by atoms with Gasteiger partial charge in [-0.15, -0.1) is 0 Å². The highest BCUT2D eigenvalue weighted by molar-refractivity contribution is 5.95. The monoisotopic (exact) mass is 548 g/mol. The number of fused-ring (bicyclic) bond motifs is 1. The topological polar surface area (TPSA) is 60.3 Å². The average Bonchev–Trinajstić information content (AvgIpc) is 2.93. The minimum atomic E-state index is -4.75. The Balaban J connectivity index is 1.89. The van der Waals surface area contributed by atoms with Gasteiger partial charge in [0.25, 0.3) is 5.56 Å². The number of anilines is 1. The molecule has 1 aliphatic heterocycles. The molecule has 4 aromatic rings. The molecule has 2 heterocycles. The maximum Gasteiger partial charge on any atom is 0.416 e. The molecule has 5 nitrogen and oxygen atoms in total. The number of esters is 1. The summed E-state index contributed by atoms with van der Waals surface area (Å²) in [5, 5.41) is 3.07. The number of benzene rings is 3. The summed E-state index contributed by atoms with van der Waals surface area (Å²) in [7, 11) is 0. The van der Waals surface area contributed by atoms with Crippen molar-refractivity contribution in [3.8, 4) is 16.9 Å². The number of aromatic nitrogens is 1. The molecule has 0 bridgehead atoms. The van der Waals surface area contributed by atoms with Crippen LogP contribution in [-0.4, -0.2) is 17.1 Å². The fraction of sp³-hybridized carbons (Fsp3) is 0.161. The van der Waals surface area contributed by atoms with Crippen molar-refractivity contribution in [1.29, 1.82) is 0 Å². The Hall–Kier alpha value is -4.66. The summed E-state index contributed by atoms with van der Waals surface area (Å²) in [4.78, 5) is 27.6. The number of rotatable bonds is 5. The summed E-state index contributed by atoms with van der Waals surface area (Å²) in [5.74, 6) is -2.74. The van der Waals surface area contributed by atoms with E-state index in [-0.39, 0.29) is 34.7 Å². The first-order valence-corrected chi connectivity index (χ1v) is 12.5. The molecule has 1 unspecified atom stereocenters. The van der Waals surface area contributed by atoms with Crippen molar-refractivity contribution in [3.63, 3.8) is 0 Å². The average molecular weight is 549 g/mol. The SMILES string of the molecule is CCOC(=O)C1=C(C)Nc2cc(-c3ccccc3)n(-c3ccc(F)cc3)c(=O)c2C1c1ccccc1C(F)(F)F. The van der Waals surface area contributed by atoms with Crippen LogP contribution in [0.25, 0.3) is 16.9 Å². The van der Waals surface area contributed by atoms with Gasteiger partial charge in [0.1, 0.15) is 5.82 Å². The van der Waals surface area contributed by atoms with Gasteiger partial charge in [0, 0.05) is 11.4 Å². The first kappa shape index (κ1) is 26.9. The minimum Gasteiger partial charge on any atom is -0.463 e. The maximum atomic E-state index is 14.4. The molecule has 0 amide bonds. The zero-order valence-electron chi connectivity index (χ0n) is 21.6. The molecule has 1 aliphatic rings. The summed E-state index contributed by atoms with van der Waals surface area (Å²) in [6.07, 6.45) is -4.75. The van der Waals surface area contributed by atoms with Gasteiger partial charge >= 0.3 is 12.1 Å². The van der Waals surface area contributed by atoms with E-state index in [2.05, 4.69) is 5.32 Å². The Morgan fingerprint density at radius 1 is 0.975 bits per heavy atom. The highest BCUT2D eigenvalue weighted by atomic mass is 19.4. The second kappa shape index (κ2) is 10.5. The van der Waals surface area contributed by atoms with Gasteiger partial charge in [-0.25, -0.2) is 9.18 Å². The smallest absolute Gasteiger partial charge is 0.416 e. The lowest BCUT2D eigenvalue weighted by Gasteiger charge is -2.32. The van der Waals surface area contributed by atoms with E-state index in [4.69, 9.17) is 4.74 Å². The van der Waals surface area contributed by atoms with Gasteiger partial charge in [0.2, 0.25) is 0 Å². The van der Waals surface area contributed by atoms with Crippen molar-refractivity contribution in [2.24, 2.45) is 0 Å². The minimum absolute atomic E-state index is 0.0110. The number of nitrogens with zero attached hydrogens (tertiary/aromatic N) is 1. The molecule has 9 heteroatoms. The molecule has 204 valence electrons. The Morgan fingerprint density at radius 3 is 2.27 bits per heavy atom. The predicted molar refractivity (Wildman–Crippen MR) is 144 cm³/mol. The van der Waals surface area contributed by atoms with Gasteiger partial charge in [-0.1, -0.05) is 48.5 Å². The first-order valence-electron chi connectivity index (χ1n) is 12.5.